The summed E-state index contributed by atoms with van der Waals surface area (Å²) >= 11 is 0. The highest BCUT2D eigenvalue weighted by molar-refractivity contribution is 5.96. The number of carbonyl (C=O) groups excluding carboxylic acids is 2. The maximum Gasteiger partial charge on any atom is 0.319 e. The molecular formula is C11H16N4O2. The van der Waals surface area contributed by atoms with Crippen LogP contribution in [0, 0.1) is 11.3 Å². The minimum atomic E-state index is -0.856. The van der Waals surface area contributed by atoms with Gasteiger partial charge in [0, 0.05) is 12.2 Å². The topological polar surface area (TPSA) is 108 Å². The van der Waals surface area contributed by atoms with Gasteiger partial charge < -0.3 is 16.4 Å². The summed E-state index contributed by atoms with van der Waals surface area (Å²) in [6.45, 7) is 0. The molecule has 0 saturated heterocycles. The second-order valence-electron chi connectivity index (χ2n) is 3.99. The molecule has 0 aromatic heterocycles. The lowest BCUT2D eigenvalue weighted by Gasteiger charge is -2.22. The van der Waals surface area contributed by atoms with Crippen LogP contribution in [-0.2, 0) is 4.79 Å². The van der Waals surface area contributed by atoms with Crippen LogP contribution in [0.1, 0.15) is 32.1 Å². The molecule has 1 fully saturated rings. The smallest absolute Gasteiger partial charge is 0.319 e. The predicted molar refractivity (Wildman–Crippen MR) is 61.4 cm³/mol. The third-order valence-corrected chi connectivity index (χ3v) is 2.67. The highest BCUT2D eigenvalue weighted by Gasteiger charge is 2.15. The second-order valence-corrected chi connectivity index (χ2v) is 3.99. The van der Waals surface area contributed by atoms with Gasteiger partial charge in [-0.3, -0.25) is 4.79 Å². The maximum atomic E-state index is 11.4. The van der Waals surface area contributed by atoms with Gasteiger partial charge >= 0.3 is 6.03 Å². The summed E-state index contributed by atoms with van der Waals surface area (Å²) in [6, 6.07) is 1.37. The number of hydrogen-bond donors (Lipinski definition) is 3. The molecule has 0 heterocycles. The van der Waals surface area contributed by atoms with Crippen LogP contribution in [0.2, 0.25) is 0 Å². The van der Waals surface area contributed by atoms with Gasteiger partial charge in [0.25, 0.3) is 5.91 Å². The molecule has 92 valence electrons. The van der Waals surface area contributed by atoms with E-state index in [1.165, 1.54) is 6.42 Å². The van der Waals surface area contributed by atoms with Gasteiger partial charge in [-0.15, -0.1) is 0 Å². The van der Waals surface area contributed by atoms with E-state index in [4.69, 9.17) is 11.0 Å². The number of hydrogen-bond acceptors (Lipinski definition) is 3. The van der Waals surface area contributed by atoms with Crippen molar-refractivity contribution in [3.8, 4) is 6.07 Å². The van der Waals surface area contributed by atoms with Crippen molar-refractivity contribution in [2.45, 2.75) is 38.1 Å². The largest absolute Gasteiger partial charge is 0.365 e. The maximum absolute atomic E-state index is 11.4. The van der Waals surface area contributed by atoms with E-state index in [1.807, 2.05) is 0 Å². The number of rotatable bonds is 3. The molecule has 6 heteroatoms. The normalized spacial score (nSPS) is 17.0. The summed E-state index contributed by atoms with van der Waals surface area (Å²) in [6.07, 6.45) is 6.41. The highest BCUT2D eigenvalue weighted by Crippen LogP contribution is 2.17. The molecule has 0 spiro atoms. The average molecular weight is 236 g/mol. The van der Waals surface area contributed by atoms with Crippen LogP contribution < -0.4 is 16.4 Å². The number of nitriles is 1. The van der Waals surface area contributed by atoms with E-state index in [9.17, 15) is 9.59 Å². The van der Waals surface area contributed by atoms with Crippen LogP contribution in [0.3, 0.4) is 0 Å². The van der Waals surface area contributed by atoms with E-state index in [2.05, 4.69) is 10.6 Å². The summed E-state index contributed by atoms with van der Waals surface area (Å²) in [5.41, 5.74) is 4.64. The number of amides is 3. The Balaban J connectivity index is 2.39. The monoisotopic (exact) mass is 236 g/mol. The summed E-state index contributed by atoms with van der Waals surface area (Å²) in [5.74, 6) is -0.856. The minimum Gasteiger partial charge on any atom is -0.365 e. The summed E-state index contributed by atoms with van der Waals surface area (Å²) < 4.78 is 0. The van der Waals surface area contributed by atoms with Gasteiger partial charge in [-0.25, -0.2) is 4.79 Å². The first kappa shape index (κ1) is 13.0. The molecule has 1 saturated carbocycles. The average Bonchev–Trinajstić information content (AvgIpc) is 2.30. The van der Waals surface area contributed by atoms with Gasteiger partial charge in [0.15, 0.2) is 0 Å². The molecule has 3 amide bonds. The molecule has 4 N–H and O–H groups in total. The zero-order valence-corrected chi connectivity index (χ0v) is 9.53. The molecule has 0 aromatic rings. The molecule has 0 bridgehead atoms. The van der Waals surface area contributed by atoms with Crippen molar-refractivity contribution in [3.05, 3.63) is 11.8 Å². The number of nitrogens with one attached hydrogen (secondary N) is 2. The van der Waals surface area contributed by atoms with Crippen molar-refractivity contribution in [2.75, 3.05) is 0 Å². The molecule has 1 aliphatic carbocycles. The Morgan fingerprint density at radius 1 is 1.29 bits per heavy atom. The fraction of sp³-hybridized carbons (Fsp3) is 0.545. The highest BCUT2D eigenvalue weighted by atomic mass is 16.2. The third-order valence-electron chi connectivity index (χ3n) is 2.67. The second kappa shape index (κ2) is 6.53. The van der Waals surface area contributed by atoms with Gasteiger partial charge in [0.05, 0.1) is 0 Å². The third kappa shape index (κ3) is 4.55. The molecule has 0 unspecified atom stereocenters. The number of nitrogens with two attached hydrogens (primary N) is 1. The summed E-state index contributed by atoms with van der Waals surface area (Å²) in [5, 5.41) is 13.6. The number of nitrogens with zero attached hydrogens (tertiary/aromatic N) is 1. The molecule has 0 aliphatic heterocycles. The fourth-order valence-corrected chi connectivity index (χ4v) is 1.77. The number of primary amides is 1. The lowest BCUT2D eigenvalue weighted by atomic mass is 9.96. The van der Waals surface area contributed by atoms with Crippen molar-refractivity contribution < 1.29 is 9.59 Å². The van der Waals surface area contributed by atoms with Crippen LogP contribution in [0.5, 0.6) is 0 Å². The SMILES string of the molecule is N#CC(=CNC(=O)NC1CCCCC1)C(N)=O. The Morgan fingerprint density at radius 3 is 2.47 bits per heavy atom. The van der Waals surface area contributed by atoms with E-state index in [1.54, 1.807) is 6.07 Å². The first-order valence-corrected chi connectivity index (χ1v) is 5.60. The first-order chi connectivity index (χ1) is 8.13. The first-order valence-electron chi connectivity index (χ1n) is 5.60. The van der Waals surface area contributed by atoms with E-state index in [-0.39, 0.29) is 11.6 Å². The Kier molecular flexibility index (Phi) is 5.01. The molecular weight excluding hydrogens is 220 g/mol. The van der Waals surface area contributed by atoms with E-state index in [0.717, 1.165) is 31.9 Å². The fourth-order valence-electron chi connectivity index (χ4n) is 1.77. The Hall–Kier alpha value is -2.03. The van der Waals surface area contributed by atoms with Crippen molar-refractivity contribution in [3.63, 3.8) is 0 Å². The van der Waals surface area contributed by atoms with E-state index >= 15 is 0 Å². The predicted octanol–water partition coefficient (Wildman–Crippen LogP) is 0.511. The zero-order chi connectivity index (χ0) is 12.7. The Bertz CT molecular complexity index is 364. The van der Waals surface area contributed by atoms with Crippen LogP contribution in [-0.4, -0.2) is 18.0 Å². The standard InChI is InChI=1S/C11H16N4O2/c12-6-8(10(13)16)7-14-11(17)15-9-4-2-1-3-5-9/h7,9H,1-5H2,(H2,13,16)(H2,14,15,17). The van der Waals surface area contributed by atoms with Crippen LogP contribution in [0.15, 0.2) is 11.8 Å². The zero-order valence-electron chi connectivity index (χ0n) is 9.53. The molecule has 0 aromatic carbocycles. The van der Waals surface area contributed by atoms with Gasteiger partial charge in [-0.2, -0.15) is 5.26 Å². The lowest BCUT2D eigenvalue weighted by Crippen LogP contribution is -2.41. The number of urea groups is 1. The molecule has 0 radical (unpaired) electrons. The minimum absolute atomic E-state index is 0.177. The lowest BCUT2D eigenvalue weighted by molar-refractivity contribution is -0.114. The van der Waals surface area contributed by atoms with Gasteiger partial charge in [0.2, 0.25) is 0 Å². The Morgan fingerprint density at radius 2 is 1.94 bits per heavy atom. The van der Waals surface area contributed by atoms with Crippen molar-refractivity contribution in [1.29, 1.82) is 5.26 Å². The molecule has 17 heavy (non-hydrogen) atoms. The van der Waals surface area contributed by atoms with Crippen molar-refractivity contribution in [1.82, 2.24) is 10.6 Å². The molecule has 1 aliphatic rings. The summed E-state index contributed by atoms with van der Waals surface area (Å²) in [7, 11) is 0. The van der Waals surface area contributed by atoms with E-state index < -0.39 is 11.9 Å². The molecule has 6 nitrogen and oxygen atoms in total. The quantitative estimate of drug-likeness (QED) is 0.490. The van der Waals surface area contributed by atoms with Crippen molar-refractivity contribution >= 4 is 11.9 Å². The van der Waals surface area contributed by atoms with Crippen LogP contribution >= 0.6 is 0 Å². The van der Waals surface area contributed by atoms with Gasteiger partial charge in [-0.05, 0) is 12.8 Å². The number of carbonyl (C=O) groups is 2. The van der Waals surface area contributed by atoms with Gasteiger partial charge in [0.1, 0.15) is 11.6 Å². The van der Waals surface area contributed by atoms with E-state index in [0.29, 0.717) is 0 Å². The van der Waals surface area contributed by atoms with Gasteiger partial charge in [-0.1, -0.05) is 19.3 Å². The summed E-state index contributed by atoms with van der Waals surface area (Å²) in [4.78, 5) is 22.1. The van der Waals surface area contributed by atoms with Crippen LogP contribution in [0.4, 0.5) is 4.79 Å². The molecule has 0 atom stereocenters. The van der Waals surface area contributed by atoms with Crippen LogP contribution in [0.25, 0.3) is 0 Å². The Labute approximate surface area is 99.8 Å². The molecule has 1 rings (SSSR count). The van der Waals surface area contributed by atoms with Crippen molar-refractivity contribution in [2.24, 2.45) is 5.73 Å².